The zero-order valence-corrected chi connectivity index (χ0v) is 14.2. The molecule has 1 atom stereocenters. The van der Waals surface area contributed by atoms with E-state index in [1.165, 1.54) is 0 Å². The molecule has 0 aliphatic rings. The smallest absolute Gasteiger partial charge is 0.241 e. The van der Waals surface area contributed by atoms with Gasteiger partial charge in [-0.25, -0.2) is 0 Å². The number of amides is 1. The van der Waals surface area contributed by atoms with Gasteiger partial charge in [-0.15, -0.1) is 0 Å². The number of nitrogens with one attached hydrogen (secondary N) is 2. The topological polar surface area (TPSA) is 41.1 Å². The average Bonchev–Trinajstić information content (AvgIpc) is 2.68. The zero-order chi connectivity index (χ0) is 17.5. The Bertz CT molecular complexity index is 749. The Balaban J connectivity index is 1.77. The largest absolute Gasteiger partial charge is 0.325 e. The maximum absolute atomic E-state index is 12.5. The third kappa shape index (κ3) is 4.55. The molecule has 3 heteroatoms. The molecule has 1 amide bonds. The van der Waals surface area contributed by atoms with E-state index in [4.69, 9.17) is 0 Å². The van der Waals surface area contributed by atoms with Crippen molar-refractivity contribution >= 4 is 11.6 Å². The van der Waals surface area contributed by atoms with Crippen LogP contribution in [0.25, 0.3) is 0 Å². The minimum atomic E-state index is -0.342. The minimum Gasteiger partial charge on any atom is -0.325 e. The van der Waals surface area contributed by atoms with Gasteiger partial charge in [-0.3, -0.25) is 10.1 Å². The molecule has 3 aromatic carbocycles. The lowest BCUT2D eigenvalue weighted by Crippen LogP contribution is -2.40. The molecule has 0 aliphatic carbocycles. The molecule has 0 saturated heterocycles. The Morgan fingerprint density at radius 3 is 1.64 bits per heavy atom. The van der Waals surface area contributed by atoms with Gasteiger partial charge in [0.1, 0.15) is 0 Å². The molecular weight excluding hydrogens is 308 g/mol. The first-order valence-corrected chi connectivity index (χ1v) is 8.46. The van der Waals surface area contributed by atoms with Crippen LogP contribution in [0.3, 0.4) is 0 Å². The van der Waals surface area contributed by atoms with E-state index in [1.54, 1.807) is 0 Å². The maximum atomic E-state index is 12.5. The van der Waals surface area contributed by atoms with Gasteiger partial charge < -0.3 is 5.32 Å². The highest BCUT2D eigenvalue weighted by atomic mass is 16.2. The summed E-state index contributed by atoms with van der Waals surface area (Å²) in [5.41, 5.74) is 3.07. The second kappa shape index (κ2) is 8.27. The van der Waals surface area contributed by atoms with Gasteiger partial charge >= 0.3 is 0 Å². The summed E-state index contributed by atoms with van der Waals surface area (Å²) in [4.78, 5) is 12.5. The second-order valence-corrected chi connectivity index (χ2v) is 6.00. The van der Waals surface area contributed by atoms with Crippen molar-refractivity contribution in [2.24, 2.45) is 0 Å². The molecule has 2 N–H and O–H groups in total. The number of hydrogen-bond donors (Lipinski definition) is 2. The van der Waals surface area contributed by atoms with Crippen LogP contribution in [0, 0.1) is 0 Å². The number of anilines is 1. The van der Waals surface area contributed by atoms with Crippen molar-refractivity contribution in [3.8, 4) is 0 Å². The number of hydrogen-bond acceptors (Lipinski definition) is 2. The number of rotatable bonds is 6. The quantitative estimate of drug-likeness (QED) is 0.703. The second-order valence-electron chi connectivity index (χ2n) is 6.00. The van der Waals surface area contributed by atoms with Crippen LogP contribution in [-0.4, -0.2) is 11.9 Å². The molecule has 0 unspecified atom stereocenters. The fourth-order valence-electron chi connectivity index (χ4n) is 2.77. The lowest BCUT2D eigenvalue weighted by molar-refractivity contribution is -0.117. The molecule has 0 heterocycles. The monoisotopic (exact) mass is 330 g/mol. The summed E-state index contributed by atoms with van der Waals surface area (Å²) >= 11 is 0. The van der Waals surface area contributed by atoms with Gasteiger partial charge in [0.2, 0.25) is 5.91 Å². The molecule has 3 nitrogen and oxygen atoms in total. The van der Waals surface area contributed by atoms with E-state index in [0.717, 1.165) is 16.8 Å². The molecule has 0 fully saturated rings. The fraction of sp³-hybridized carbons (Fsp3) is 0.136. The predicted molar refractivity (Wildman–Crippen MR) is 102 cm³/mol. The Labute approximate surface area is 148 Å². The van der Waals surface area contributed by atoms with Gasteiger partial charge in [-0.2, -0.15) is 0 Å². The normalized spacial score (nSPS) is 11.9. The molecule has 3 rings (SSSR count). The van der Waals surface area contributed by atoms with Gasteiger partial charge in [0, 0.05) is 5.69 Å². The first-order valence-electron chi connectivity index (χ1n) is 8.46. The molecule has 0 saturated carbocycles. The molecule has 0 aromatic heterocycles. The third-order valence-electron chi connectivity index (χ3n) is 4.12. The van der Waals surface area contributed by atoms with E-state index in [0.29, 0.717) is 0 Å². The van der Waals surface area contributed by atoms with Crippen molar-refractivity contribution in [3.05, 3.63) is 102 Å². The van der Waals surface area contributed by atoms with Crippen LogP contribution in [0.15, 0.2) is 91.0 Å². The van der Waals surface area contributed by atoms with Gasteiger partial charge in [0.05, 0.1) is 12.1 Å². The Morgan fingerprint density at radius 2 is 1.16 bits per heavy atom. The maximum Gasteiger partial charge on any atom is 0.241 e. The molecule has 126 valence electrons. The van der Waals surface area contributed by atoms with E-state index in [9.17, 15) is 4.79 Å². The van der Waals surface area contributed by atoms with Crippen molar-refractivity contribution < 1.29 is 4.79 Å². The molecule has 0 bridgehead atoms. The highest BCUT2D eigenvalue weighted by Crippen LogP contribution is 2.22. The van der Waals surface area contributed by atoms with Crippen LogP contribution in [0.1, 0.15) is 24.1 Å². The predicted octanol–water partition coefficient (Wildman–Crippen LogP) is 4.39. The zero-order valence-electron chi connectivity index (χ0n) is 14.2. The molecule has 0 aliphatic heterocycles. The molecule has 3 aromatic rings. The van der Waals surface area contributed by atoms with Crippen LogP contribution in [-0.2, 0) is 4.79 Å². The average molecular weight is 330 g/mol. The summed E-state index contributed by atoms with van der Waals surface area (Å²) in [5, 5.41) is 6.41. The van der Waals surface area contributed by atoms with Gasteiger partial charge in [-0.05, 0) is 30.2 Å². The highest BCUT2D eigenvalue weighted by molar-refractivity contribution is 5.94. The minimum absolute atomic E-state index is 0.0427. The Kier molecular flexibility index (Phi) is 5.60. The molecular formula is C22H22N2O. The summed E-state index contributed by atoms with van der Waals surface area (Å²) in [6, 6.07) is 29.5. The van der Waals surface area contributed by atoms with Gasteiger partial charge in [0.25, 0.3) is 0 Å². The van der Waals surface area contributed by atoms with Crippen LogP contribution >= 0.6 is 0 Å². The van der Waals surface area contributed by atoms with Crippen LogP contribution in [0.2, 0.25) is 0 Å². The fourth-order valence-corrected chi connectivity index (χ4v) is 2.77. The Morgan fingerprint density at radius 1 is 0.720 bits per heavy atom. The molecule has 0 spiro atoms. The van der Waals surface area contributed by atoms with Crippen molar-refractivity contribution in [3.63, 3.8) is 0 Å². The summed E-state index contributed by atoms with van der Waals surface area (Å²) in [6.45, 7) is 1.89. The summed E-state index contributed by atoms with van der Waals surface area (Å²) in [6.07, 6.45) is 0. The molecule has 25 heavy (non-hydrogen) atoms. The van der Waals surface area contributed by atoms with E-state index in [-0.39, 0.29) is 18.0 Å². The van der Waals surface area contributed by atoms with Crippen molar-refractivity contribution in [1.29, 1.82) is 0 Å². The Hall–Kier alpha value is -2.91. The van der Waals surface area contributed by atoms with Gasteiger partial charge in [0.15, 0.2) is 0 Å². The SMILES string of the molecule is C[C@H](NC(c1ccccc1)c1ccccc1)C(=O)Nc1ccccc1. The number of para-hydroxylation sites is 1. The highest BCUT2D eigenvalue weighted by Gasteiger charge is 2.20. The van der Waals surface area contributed by atoms with Crippen LogP contribution in [0.4, 0.5) is 5.69 Å². The van der Waals surface area contributed by atoms with Gasteiger partial charge in [-0.1, -0.05) is 78.9 Å². The van der Waals surface area contributed by atoms with E-state index in [2.05, 4.69) is 34.9 Å². The summed E-state index contributed by atoms with van der Waals surface area (Å²) < 4.78 is 0. The summed E-state index contributed by atoms with van der Waals surface area (Å²) in [7, 11) is 0. The van der Waals surface area contributed by atoms with Crippen molar-refractivity contribution in [1.82, 2.24) is 5.32 Å². The van der Waals surface area contributed by atoms with Crippen molar-refractivity contribution in [2.45, 2.75) is 19.0 Å². The number of carbonyl (C=O) groups is 1. The van der Waals surface area contributed by atoms with E-state index in [1.807, 2.05) is 73.7 Å². The summed E-state index contributed by atoms with van der Waals surface area (Å²) in [5.74, 6) is -0.0527. The lowest BCUT2D eigenvalue weighted by Gasteiger charge is -2.24. The van der Waals surface area contributed by atoms with Crippen molar-refractivity contribution in [2.75, 3.05) is 5.32 Å². The first kappa shape index (κ1) is 16.9. The number of benzene rings is 3. The lowest BCUT2D eigenvalue weighted by atomic mass is 9.98. The van der Waals surface area contributed by atoms with E-state index >= 15 is 0 Å². The first-order chi connectivity index (χ1) is 12.2. The third-order valence-corrected chi connectivity index (χ3v) is 4.12. The van der Waals surface area contributed by atoms with Crippen LogP contribution < -0.4 is 10.6 Å². The van der Waals surface area contributed by atoms with E-state index < -0.39 is 0 Å². The van der Waals surface area contributed by atoms with Crippen LogP contribution in [0.5, 0.6) is 0 Å². The molecule has 0 radical (unpaired) electrons. The number of carbonyl (C=O) groups excluding carboxylic acids is 1. The standard InChI is InChI=1S/C22H22N2O/c1-17(22(25)24-20-15-9-4-10-16-20)23-21(18-11-5-2-6-12-18)19-13-7-3-8-14-19/h2-17,21,23H,1H3,(H,24,25)/t17-/m0/s1.